The molecule has 0 spiro atoms. The molecule has 7 nitrogen and oxygen atoms in total. The van der Waals surface area contributed by atoms with Crippen molar-refractivity contribution in [2.75, 3.05) is 17.1 Å². The number of amides is 2. The van der Waals surface area contributed by atoms with Gasteiger partial charge in [-0.25, -0.2) is 21.6 Å². The maximum absolute atomic E-state index is 13.9. The van der Waals surface area contributed by atoms with Gasteiger partial charge in [-0.15, -0.1) is 0 Å². The monoisotopic (exact) mass is 525 g/mol. The minimum Gasteiger partial charge on any atom is -0.352 e. The average Bonchev–Trinajstić information content (AvgIpc) is 3.32. The molecular weight excluding hydrogens is 495 g/mol. The summed E-state index contributed by atoms with van der Waals surface area (Å²) in [5.74, 6) is -3.98. The van der Waals surface area contributed by atoms with Crippen LogP contribution in [-0.4, -0.2) is 50.0 Å². The van der Waals surface area contributed by atoms with E-state index in [4.69, 9.17) is 0 Å². The van der Waals surface area contributed by atoms with Crippen LogP contribution in [0.3, 0.4) is 0 Å². The van der Waals surface area contributed by atoms with Crippen molar-refractivity contribution >= 4 is 27.5 Å². The third kappa shape index (κ3) is 6.99. The molecule has 3 rings (SSSR count). The largest absolute Gasteiger partial charge is 0.352 e. The van der Waals surface area contributed by atoms with Crippen LogP contribution in [0.1, 0.15) is 44.6 Å². The number of hydrogen-bond donors (Lipinski definition) is 1. The van der Waals surface area contributed by atoms with E-state index < -0.39 is 46.0 Å². The Morgan fingerprint density at radius 3 is 2.22 bits per heavy atom. The van der Waals surface area contributed by atoms with Crippen molar-refractivity contribution in [2.45, 2.75) is 57.7 Å². The second-order valence-electron chi connectivity index (χ2n) is 8.93. The molecule has 2 amide bonds. The highest BCUT2D eigenvalue weighted by Gasteiger charge is 2.33. The average molecular weight is 526 g/mol. The number of benzene rings is 2. The molecule has 0 aromatic heterocycles. The van der Waals surface area contributed by atoms with Gasteiger partial charge in [-0.3, -0.25) is 13.9 Å². The lowest BCUT2D eigenvalue weighted by molar-refractivity contribution is -0.140. The second-order valence-corrected chi connectivity index (χ2v) is 10.8. The molecular formula is C25H30F3N3O4S. The predicted molar refractivity (Wildman–Crippen MR) is 130 cm³/mol. The topological polar surface area (TPSA) is 86.8 Å². The van der Waals surface area contributed by atoms with Gasteiger partial charge in [0.2, 0.25) is 21.8 Å². The molecule has 1 saturated carbocycles. The third-order valence-electron chi connectivity index (χ3n) is 6.22. The van der Waals surface area contributed by atoms with E-state index >= 15 is 0 Å². The highest BCUT2D eigenvalue weighted by molar-refractivity contribution is 7.92. The number of rotatable bonds is 10. The fraction of sp³-hybridized carbons (Fsp3) is 0.440. The summed E-state index contributed by atoms with van der Waals surface area (Å²) >= 11 is 0. The van der Waals surface area contributed by atoms with Crippen molar-refractivity contribution < 1.29 is 31.2 Å². The lowest BCUT2D eigenvalue weighted by atomic mass is 10.1. The summed E-state index contributed by atoms with van der Waals surface area (Å²) < 4.78 is 66.4. The Morgan fingerprint density at radius 1 is 1.03 bits per heavy atom. The van der Waals surface area contributed by atoms with Crippen LogP contribution in [0, 0.1) is 17.5 Å². The summed E-state index contributed by atoms with van der Waals surface area (Å²) in [6.07, 6.45) is 4.76. The van der Waals surface area contributed by atoms with Gasteiger partial charge >= 0.3 is 0 Å². The molecule has 1 unspecified atom stereocenters. The fourth-order valence-corrected chi connectivity index (χ4v) is 5.17. The van der Waals surface area contributed by atoms with E-state index in [-0.39, 0.29) is 30.6 Å². The first kappa shape index (κ1) is 27.5. The number of nitrogens with one attached hydrogen (secondary N) is 1. The van der Waals surface area contributed by atoms with E-state index in [0.717, 1.165) is 44.1 Å². The molecule has 2 aromatic carbocycles. The summed E-state index contributed by atoms with van der Waals surface area (Å²) in [4.78, 5) is 27.9. The normalized spacial score (nSPS) is 14.9. The number of carbonyl (C=O) groups is 2. The number of carbonyl (C=O) groups excluding carboxylic acids is 2. The molecule has 11 heteroatoms. The minimum absolute atomic E-state index is 0.00373. The van der Waals surface area contributed by atoms with Gasteiger partial charge in [-0.05, 0) is 49.1 Å². The molecule has 1 fully saturated rings. The third-order valence-corrected chi connectivity index (χ3v) is 7.36. The highest BCUT2D eigenvalue weighted by Crippen LogP contribution is 2.23. The van der Waals surface area contributed by atoms with Crippen molar-refractivity contribution in [3.8, 4) is 0 Å². The molecule has 0 aliphatic heterocycles. The first-order valence-corrected chi connectivity index (χ1v) is 13.6. The molecule has 196 valence electrons. The summed E-state index contributed by atoms with van der Waals surface area (Å²) in [6, 6.07) is 7.00. The SMILES string of the molecule is CCC(C(=O)NC1CCCC1)N(Cc1ccc(F)cc1)C(=O)CN(c1ccc(F)c(F)c1)S(C)(=O)=O. The zero-order chi connectivity index (χ0) is 26.5. The molecule has 2 aromatic rings. The van der Waals surface area contributed by atoms with Crippen molar-refractivity contribution in [2.24, 2.45) is 0 Å². The van der Waals surface area contributed by atoms with Crippen LogP contribution in [0.25, 0.3) is 0 Å². The molecule has 1 aliphatic rings. The number of halogens is 3. The fourth-order valence-electron chi connectivity index (χ4n) is 4.33. The van der Waals surface area contributed by atoms with E-state index in [9.17, 15) is 31.2 Å². The van der Waals surface area contributed by atoms with Gasteiger partial charge in [0, 0.05) is 18.7 Å². The Labute approximate surface area is 209 Å². The standard InChI is InChI=1S/C25H30F3N3O4S/c1-3-23(25(33)29-19-6-4-5-7-19)30(15-17-8-10-18(26)11-9-17)24(32)16-31(36(2,34)35)20-12-13-21(27)22(28)14-20/h8-14,19,23H,3-7,15-16H2,1-2H3,(H,29,33). The van der Waals surface area contributed by atoms with Crippen molar-refractivity contribution in [1.82, 2.24) is 10.2 Å². The smallest absolute Gasteiger partial charge is 0.244 e. The Bertz CT molecular complexity index is 1190. The first-order chi connectivity index (χ1) is 17.0. The summed E-state index contributed by atoms with van der Waals surface area (Å²) in [7, 11) is -4.08. The number of sulfonamides is 1. The van der Waals surface area contributed by atoms with Crippen LogP contribution in [-0.2, 0) is 26.2 Å². The number of nitrogens with zero attached hydrogens (tertiary/aromatic N) is 2. The van der Waals surface area contributed by atoms with Crippen LogP contribution < -0.4 is 9.62 Å². The molecule has 36 heavy (non-hydrogen) atoms. The summed E-state index contributed by atoms with van der Waals surface area (Å²) in [6.45, 7) is 0.914. The molecule has 0 radical (unpaired) electrons. The van der Waals surface area contributed by atoms with Crippen molar-refractivity contribution in [3.63, 3.8) is 0 Å². The number of anilines is 1. The van der Waals surface area contributed by atoms with Crippen LogP contribution in [0.5, 0.6) is 0 Å². The predicted octanol–water partition coefficient (Wildman–Crippen LogP) is 3.74. The van der Waals surface area contributed by atoms with Crippen LogP contribution in [0.4, 0.5) is 18.9 Å². The molecule has 1 atom stereocenters. The Morgan fingerprint density at radius 2 is 1.67 bits per heavy atom. The van der Waals surface area contributed by atoms with Crippen LogP contribution >= 0.6 is 0 Å². The molecule has 1 N–H and O–H groups in total. The van der Waals surface area contributed by atoms with Gasteiger partial charge in [0.15, 0.2) is 11.6 Å². The Balaban J connectivity index is 1.92. The first-order valence-electron chi connectivity index (χ1n) is 11.8. The highest BCUT2D eigenvalue weighted by atomic mass is 32.2. The molecule has 0 saturated heterocycles. The van der Waals surface area contributed by atoms with Gasteiger partial charge in [-0.1, -0.05) is 31.9 Å². The number of hydrogen-bond acceptors (Lipinski definition) is 4. The van der Waals surface area contributed by atoms with Crippen LogP contribution in [0.15, 0.2) is 42.5 Å². The van der Waals surface area contributed by atoms with Gasteiger partial charge < -0.3 is 10.2 Å². The van der Waals surface area contributed by atoms with Crippen LogP contribution in [0.2, 0.25) is 0 Å². The second kappa shape index (κ2) is 11.8. The van der Waals surface area contributed by atoms with Crippen molar-refractivity contribution in [1.29, 1.82) is 0 Å². The molecule has 0 bridgehead atoms. The van der Waals surface area contributed by atoms with E-state index in [2.05, 4.69) is 5.32 Å². The molecule has 1 aliphatic carbocycles. The summed E-state index contributed by atoms with van der Waals surface area (Å²) in [5, 5.41) is 2.97. The van der Waals surface area contributed by atoms with Gasteiger partial charge in [0.25, 0.3) is 0 Å². The van der Waals surface area contributed by atoms with E-state index in [0.29, 0.717) is 15.9 Å². The lowest BCUT2D eigenvalue weighted by Gasteiger charge is -2.33. The zero-order valence-corrected chi connectivity index (χ0v) is 21.0. The minimum atomic E-state index is -4.08. The van der Waals surface area contributed by atoms with Gasteiger partial charge in [0.05, 0.1) is 11.9 Å². The van der Waals surface area contributed by atoms with Gasteiger partial charge in [0.1, 0.15) is 18.4 Å². The van der Waals surface area contributed by atoms with E-state index in [1.165, 1.54) is 29.2 Å². The Kier molecular flexibility index (Phi) is 8.99. The quantitative estimate of drug-likeness (QED) is 0.512. The maximum atomic E-state index is 13.9. The maximum Gasteiger partial charge on any atom is 0.244 e. The lowest BCUT2D eigenvalue weighted by Crippen LogP contribution is -2.53. The van der Waals surface area contributed by atoms with E-state index in [1.54, 1.807) is 6.92 Å². The molecule has 0 heterocycles. The van der Waals surface area contributed by atoms with Crippen molar-refractivity contribution in [3.05, 3.63) is 65.5 Å². The van der Waals surface area contributed by atoms with E-state index in [1.807, 2.05) is 0 Å². The van der Waals surface area contributed by atoms with Gasteiger partial charge in [-0.2, -0.15) is 0 Å². The zero-order valence-electron chi connectivity index (χ0n) is 20.2. The summed E-state index contributed by atoms with van der Waals surface area (Å²) in [5.41, 5.74) is 0.311. The Hall–Kier alpha value is -3.08.